The van der Waals surface area contributed by atoms with Crippen molar-refractivity contribution in [1.82, 2.24) is 10.2 Å². The van der Waals surface area contributed by atoms with Gasteiger partial charge in [0.2, 0.25) is 5.91 Å². The van der Waals surface area contributed by atoms with Gasteiger partial charge >= 0.3 is 0 Å². The van der Waals surface area contributed by atoms with Crippen molar-refractivity contribution in [3.05, 3.63) is 28.2 Å². The first kappa shape index (κ1) is 16.6. The van der Waals surface area contributed by atoms with E-state index in [-0.39, 0.29) is 5.91 Å². The second kappa shape index (κ2) is 7.99. The molecular weight excluding hydrogens is 309 g/mol. The monoisotopic (exact) mass is 329 g/mol. The molecule has 0 aromatic heterocycles. The van der Waals surface area contributed by atoms with Crippen molar-refractivity contribution >= 4 is 34.8 Å². The number of nitrogens with one attached hydrogen (secondary N) is 2. The van der Waals surface area contributed by atoms with Crippen LogP contribution in [0.15, 0.2) is 18.2 Å². The van der Waals surface area contributed by atoms with E-state index in [9.17, 15) is 4.79 Å². The van der Waals surface area contributed by atoms with E-state index in [0.717, 1.165) is 26.2 Å². The van der Waals surface area contributed by atoms with E-state index in [1.807, 2.05) is 7.05 Å². The molecule has 1 aliphatic heterocycles. The lowest BCUT2D eigenvalue weighted by Crippen LogP contribution is -2.27. The van der Waals surface area contributed by atoms with Crippen molar-refractivity contribution in [2.45, 2.75) is 12.8 Å². The number of rotatable bonds is 6. The number of likely N-dealkylation sites (tertiary alicyclic amines) is 1. The predicted molar refractivity (Wildman–Crippen MR) is 88.2 cm³/mol. The Balaban J connectivity index is 1.76. The van der Waals surface area contributed by atoms with Gasteiger partial charge in [-0.05, 0) is 50.7 Å². The number of hydrogen-bond acceptors (Lipinski definition) is 3. The maximum atomic E-state index is 12.0. The highest BCUT2D eigenvalue weighted by Crippen LogP contribution is 2.25. The molecule has 0 spiro atoms. The highest BCUT2D eigenvalue weighted by molar-refractivity contribution is 6.35. The third-order valence-corrected chi connectivity index (χ3v) is 4.29. The molecule has 2 rings (SSSR count). The third-order valence-electron chi connectivity index (χ3n) is 3.72. The van der Waals surface area contributed by atoms with Crippen molar-refractivity contribution < 1.29 is 4.79 Å². The number of nitrogens with zero attached hydrogens (tertiary/aromatic N) is 1. The second-order valence-corrected chi connectivity index (χ2v) is 6.28. The summed E-state index contributed by atoms with van der Waals surface area (Å²) in [6, 6.07) is 5.05. The first-order chi connectivity index (χ1) is 10.1. The van der Waals surface area contributed by atoms with Crippen molar-refractivity contribution in [3.63, 3.8) is 0 Å². The number of anilines is 1. The van der Waals surface area contributed by atoms with Gasteiger partial charge in [0.25, 0.3) is 0 Å². The Kier molecular flexibility index (Phi) is 6.30. The molecule has 0 aliphatic carbocycles. The number of halogens is 2. The zero-order valence-corrected chi connectivity index (χ0v) is 13.7. The molecule has 1 saturated heterocycles. The van der Waals surface area contributed by atoms with Crippen LogP contribution in [0.3, 0.4) is 0 Å². The average molecular weight is 330 g/mol. The summed E-state index contributed by atoms with van der Waals surface area (Å²) in [5.74, 6) is 0.664. The van der Waals surface area contributed by atoms with E-state index in [0.29, 0.717) is 28.1 Å². The molecule has 116 valence electrons. The van der Waals surface area contributed by atoms with Gasteiger partial charge in [0, 0.05) is 24.5 Å². The van der Waals surface area contributed by atoms with Gasteiger partial charge in [-0.15, -0.1) is 0 Å². The highest BCUT2D eigenvalue weighted by Gasteiger charge is 2.21. The Hall–Kier alpha value is -0.810. The van der Waals surface area contributed by atoms with Crippen molar-refractivity contribution in [2.75, 3.05) is 38.5 Å². The Labute approximate surface area is 135 Å². The molecule has 1 atom stereocenters. The van der Waals surface area contributed by atoms with Gasteiger partial charge in [-0.3, -0.25) is 4.79 Å². The van der Waals surface area contributed by atoms with Crippen LogP contribution in [0.5, 0.6) is 0 Å². The number of hydrogen-bond donors (Lipinski definition) is 2. The van der Waals surface area contributed by atoms with E-state index >= 15 is 0 Å². The lowest BCUT2D eigenvalue weighted by atomic mass is 10.1. The molecule has 1 heterocycles. The summed E-state index contributed by atoms with van der Waals surface area (Å²) in [7, 11) is 1.98. The van der Waals surface area contributed by atoms with Crippen LogP contribution in [-0.2, 0) is 4.79 Å². The normalized spacial score (nSPS) is 18.9. The topological polar surface area (TPSA) is 44.4 Å². The maximum absolute atomic E-state index is 12.0. The maximum Gasteiger partial charge on any atom is 0.225 e. The lowest BCUT2D eigenvalue weighted by Gasteiger charge is -2.16. The van der Waals surface area contributed by atoms with Crippen molar-refractivity contribution in [1.29, 1.82) is 0 Å². The van der Waals surface area contributed by atoms with E-state index in [1.54, 1.807) is 18.2 Å². The standard InChI is InChI=1S/C15H21Cl2N3O/c1-18-9-11-4-6-20(10-11)7-5-15(21)19-14-8-12(16)2-3-13(14)17/h2-3,8,11,18H,4-7,9-10H2,1H3,(H,19,21). The molecule has 4 nitrogen and oxygen atoms in total. The third kappa shape index (κ3) is 5.15. The summed E-state index contributed by atoms with van der Waals surface area (Å²) in [5, 5.41) is 7.09. The zero-order chi connectivity index (χ0) is 15.2. The number of carbonyl (C=O) groups excluding carboxylic acids is 1. The molecule has 0 saturated carbocycles. The molecular formula is C15H21Cl2N3O. The van der Waals surface area contributed by atoms with E-state index in [4.69, 9.17) is 23.2 Å². The Morgan fingerprint density at radius 1 is 1.43 bits per heavy atom. The summed E-state index contributed by atoms with van der Waals surface area (Å²) in [5.41, 5.74) is 0.573. The van der Waals surface area contributed by atoms with Crippen LogP contribution in [0.2, 0.25) is 10.0 Å². The molecule has 1 fully saturated rings. The Bertz CT molecular complexity index is 496. The molecule has 2 N–H and O–H groups in total. The van der Waals surface area contributed by atoms with Gasteiger partial charge < -0.3 is 15.5 Å². The van der Waals surface area contributed by atoms with Gasteiger partial charge in [-0.1, -0.05) is 23.2 Å². The highest BCUT2D eigenvalue weighted by atomic mass is 35.5. The summed E-state index contributed by atoms with van der Waals surface area (Å²) < 4.78 is 0. The van der Waals surface area contributed by atoms with Crippen LogP contribution in [-0.4, -0.2) is 44.0 Å². The minimum absolute atomic E-state index is 0.0313. The number of benzene rings is 1. The van der Waals surface area contributed by atoms with Gasteiger partial charge in [0.15, 0.2) is 0 Å². The molecule has 1 aromatic carbocycles. The molecule has 1 unspecified atom stereocenters. The average Bonchev–Trinajstić information content (AvgIpc) is 2.89. The fraction of sp³-hybridized carbons (Fsp3) is 0.533. The van der Waals surface area contributed by atoms with Crippen LogP contribution in [0.25, 0.3) is 0 Å². The Morgan fingerprint density at radius 2 is 2.24 bits per heavy atom. The molecule has 21 heavy (non-hydrogen) atoms. The molecule has 6 heteroatoms. The summed E-state index contributed by atoms with van der Waals surface area (Å²) in [6.45, 7) is 3.95. The summed E-state index contributed by atoms with van der Waals surface area (Å²) in [4.78, 5) is 14.3. The molecule has 0 radical (unpaired) electrons. The van der Waals surface area contributed by atoms with Gasteiger partial charge in [0.05, 0.1) is 10.7 Å². The summed E-state index contributed by atoms with van der Waals surface area (Å²) >= 11 is 11.9. The second-order valence-electron chi connectivity index (χ2n) is 5.44. The molecule has 1 aromatic rings. The Morgan fingerprint density at radius 3 is 3.00 bits per heavy atom. The first-order valence-corrected chi connectivity index (χ1v) is 7.96. The van der Waals surface area contributed by atoms with Crippen LogP contribution < -0.4 is 10.6 Å². The quantitative estimate of drug-likeness (QED) is 0.843. The van der Waals surface area contributed by atoms with E-state index < -0.39 is 0 Å². The molecule has 1 amide bonds. The number of carbonyl (C=O) groups is 1. The number of amides is 1. The van der Waals surface area contributed by atoms with Crippen LogP contribution in [0, 0.1) is 5.92 Å². The minimum atomic E-state index is -0.0313. The minimum Gasteiger partial charge on any atom is -0.325 e. The SMILES string of the molecule is CNCC1CCN(CCC(=O)Nc2cc(Cl)ccc2Cl)C1. The zero-order valence-electron chi connectivity index (χ0n) is 12.2. The van der Waals surface area contributed by atoms with E-state index in [1.165, 1.54) is 6.42 Å². The smallest absolute Gasteiger partial charge is 0.225 e. The first-order valence-electron chi connectivity index (χ1n) is 7.20. The fourth-order valence-electron chi connectivity index (χ4n) is 2.64. The van der Waals surface area contributed by atoms with Crippen LogP contribution in [0.1, 0.15) is 12.8 Å². The van der Waals surface area contributed by atoms with E-state index in [2.05, 4.69) is 15.5 Å². The summed E-state index contributed by atoms with van der Waals surface area (Å²) in [6.07, 6.45) is 1.66. The predicted octanol–water partition coefficient (Wildman–Crippen LogP) is 2.86. The largest absolute Gasteiger partial charge is 0.325 e. The molecule has 0 bridgehead atoms. The molecule has 1 aliphatic rings. The fourth-order valence-corrected chi connectivity index (χ4v) is 2.97. The van der Waals surface area contributed by atoms with Gasteiger partial charge in [0.1, 0.15) is 0 Å². The van der Waals surface area contributed by atoms with Crippen LogP contribution in [0.4, 0.5) is 5.69 Å². The lowest BCUT2D eigenvalue weighted by molar-refractivity contribution is -0.116. The van der Waals surface area contributed by atoms with Crippen molar-refractivity contribution in [3.8, 4) is 0 Å². The van der Waals surface area contributed by atoms with Crippen LogP contribution >= 0.6 is 23.2 Å². The van der Waals surface area contributed by atoms with Crippen molar-refractivity contribution in [2.24, 2.45) is 5.92 Å². The van der Waals surface area contributed by atoms with Gasteiger partial charge in [-0.2, -0.15) is 0 Å². The van der Waals surface area contributed by atoms with Gasteiger partial charge in [-0.25, -0.2) is 0 Å².